The van der Waals surface area contributed by atoms with Crippen LogP contribution in [0.25, 0.3) is 0 Å². The van der Waals surface area contributed by atoms with E-state index in [1.54, 1.807) is 18.2 Å². The highest BCUT2D eigenvalue weighted by Crippen LogP contribution is 2.49. The summed E-state index contributed by atoms with van der Waals surface area (Å²) in [5, 5.41) is 2.92. The Morgan fingerprint density at radius 2 is 1.96 bits per heavy atom. The summed E-state index contributed by atoms with van der Waals surface area (Å²) in [6, 6.07) is 4.89. The van der Waals surface area contributed by atoms with E-state index in [-0.39, 0.29) is 10.8 Å². The predicted molar refractivity (Wildman–Crippen MR) is 108 cm³/mol. The van der Waals surface area contributed by atoms with Gasteiger partial charge in [0.05, 0.1) is 7.11 Å². The minimum absolute atomic E-state index is 0.0240. The number of hydrogen-bond acceptors (Lipinski definition) is 4. The van der Waals surface area contributed by atoms with Crippen LogP contribution in [-0.2, 0) is 14.8 Å². The summed E-state index contributed by atoms with van der Waals surface area (Å²) in [5.74, 6) is 2.28. The molecule has 0 aromatic heterocycles. The molecular weight excluding hydrogens is 376 g/mol. The van der Waals surface area contributed by atoms with Crippen LogP contribution in [0.5, 0.6) is 5.75 Å². The second kappa shape index (κ2) is 8.03. The number of hydrogen-bond donors (Lipinski definition) is 1. The van der Waals surface area contributed by atoms with Crippen LogP contribution in [0.1, 0.15) is 51.4 Å². The van der Waals surface area contributed by atoms with Gasteiger partial charge in [0.1, 0.15) is 10.6 Å². The maximum atomic E-state index is 13.1. The number of nitrogens with one attached hydrogen (secondary N) is 1. The molecule has 2 aliphatic carbocycles. The Bertz CT molecular complexity index is 833. The van der Waals surface area contributed by atoms with Gasteiger partial charge >= 0.3 is 0 Å². The summed E-state index contributed by atoms with van der Waals surface area (Å²) >= 11 is 0. The number of anilines is 1. The lowest BCUT2D eigenvalue weighted by molar-refractivity contribution is -0.117. The molecule has 2 saturated carbocycles. The van der Waals surface area contributed by atoms with Crippen molar-refractivity contribution in [3.63, 3.8) is 0 Å². The van der Waals surface area contributed by atoms with Gasteiger partial charge in [-0.25, -0.2) is 8.42 Å². The topological polar surface area (TPSA) is 75.7 Å². The van der Waals surface area contributed by atoms with Gasteiger partial charge in [0.25, 0.3) is 0 Å². The first-order valence-corrected chi connectivity index (χ1v) is 11.9. The van der Waals surface area contributed by atoms with Crippen molar-refractivity contribution in [2.75, 3.05) is 25.5 Å². The third kappa shape index (κ3) is 3.92. The molecule has 0 radical (unpaired) electrons. The lowest BCUT2D eigenvalue weighted by Gasteiger charge is -2.26. The summed E-state index contributed by atoms with van der Waals surface area (Å²) in [6.07, 6.45) is 8.35. The fraction of sp³-hybridized carbons (Fsp3) is 0.667. The molecule has 1 heterocycles. The van der Waals surface area contributed by atoms with Gasteiger partial charge in [0.2, 0.25) is 15.9 Å². The van der Waals surface area contributed by atoms with Gasteiger partial charge in [-0.1, -0.05) is 12.8 Å². The van der Waals surface area contributed by atoms with Crippen LogP contribution in [0.15, 0.2) is 23.1 Å². The highest BCUT2D eigenvalue weighted by molar-refractivity contribution is 7.89. The Kier molecular flexibility index (Phi) is 5.65. The lowest BCUT2D eigenvalue weighted by Crippen LogP contribution is -2.35. The van der Waals surface area contributed by atoms with Gasteiger partial charge in [0, 0.05) is 25.2 Å². The molecule has 1 saturated heterocycles. The Labute approximate surface area is 167 Å². The predicted octanol–water partition coefficient (Wildman–Crippen LogP) is 3.63. The number of ether oxygens (including phenoxy) is 1. The van der Waals surface area contributed by atoms with E-state index in [9.17, 15) is 13.2 Å². The van der Waals surface area contributed by atoms with Gasteiger partial charge in [-0.15, -0.1) is 0 Å². The van der Waals surface area contributed by atoms with E-state index in [0.717, 1.165) is 31.6 Å². The van der Waals surface area contributed by atoms with E-state index in [2.05, 4.69) is 5.32 Å². The molecule has 154 valence electrons. The van der Waals surface area contributed by atoms with Crippen LogP contribution >= 0.6 is 0 Å². The van der Waals surface area contributed by atoms with E-state index in [1.807, 2.05) is 0 Å². The third-order valence-corrected chi connectivity index (χ3v) is 8.63. The average Bonchev–Trinajstić information content (AvgIpc) is 3.31. The molecule has 1 amide bonds. The maximum absolute atomic E-state index is 13.1. The molecule has 1 aromatic rings. The van der Waals surface area contributed by atoms with Crippen molar-refractivity contribution >= 4 is 21.6 Å². The minimum atomic E-state index is -3.64. The normalized spacial score (nSPS) is 27.7. The first-order valence-electron chi connectivity index (χ1n) is 10.5. The molecule has 6 nitrogen and oxygen atoms in total. The average molecular weight is 407 g/mol. The molecule has 4 rings (SSSR count). The number of rotatable bonds is 6. The fourth-order valence-corrected chi connectivity index (χ4v) is 6.98. The van der Waals surface area contributed by atoms with Crippen molar-refractivity contribution in [2.45, 2.75) is 56.3 Å². The quantitative estimate of drug-likeness (QED) is 0.783. The molecule has 7 heteroatoms. The number of nitrogens with zero attached hydrogens (tertiary/aromatic N) is 1. The van der Waals surface area contributed by atoms with Gasteiger partial charge < -0.3 is 10.1 Å². The van der Waals surface area contributed by atoms with Crippen molar-refractivity contribution in [1.82, 2.24) is 4.31 Å². The van der Waals surface area contributed by atoms with Crippen LogP contribution in [-0.4, -0.2) is 38.8 Å². The molecule has 1 N–H and O–H groups in total. The van der Waals surface area contributed by atoms with Gasteiger partial charge in [0.15, 0.2) is 0 Å². The summed E-state index contributed by atoms with van der Waals surface area (Å²) < 4.78 is 33.0. The Morgan fingerprint density at radius 3 is 2.61 bits per heavy atom. The lowest BCUT2D eigenvalue weighted by atomic mass is 9.86. The molecule has 3 atom stereocenters. The summed E-state index contributed by atoms with van der Waals surface area (Å²) in [5.41, 5.74) is 0.518. The van der Waals surface area contributed by atoms with Crippen molar-refractivity contribution in [3.8, 4) is 5.75 Å². The molecule has 3 aliphatic rings. The smallest absolute Gasteiger partial charge is 0.246 e. The number of amides is 1. The second-order valence-corrected chi connectivity index (χ2v) is 10.4. The van der Waals surface area contributed by atoms with Crippen molar-refractivity contribution in [3.05, 3.63) is 18.2 Å². The summed E-state index contributed by atoms with van der Waals surface area (Å²) in [6.45, 7) is 1.07. The van der Waals surface area contributed by atoms with Gasteiger partial charge in [-0.2, -0.15) is 4.31 Å². The zero-order valence-electron chi connectivity index (χ0n) is 16.5. The van der Waals surface area contributed by atoms with Crippen LogP contribution in [0.2, 0.25) is 0 Å². The first kappa shape index (κ1) is 19.7. The molecule has 1 aromatic carbocycles. The molecule has 2 bridgehead atoms. The van der Waals surface area contributed by atoms with Crippen LogP contribution in [0.3, 0.4) is 0 Å². The van der Waals surface area contributed by atoms with Gasteiger partial charge in [-0.3, -0.25) is 4.79 Å². The van der Waals surface area contributed by atoms with Crippen LogP contribution in [0.4, 0.5) is 5.69 Å². The molecule has 0 unspecified atom stereocenters. The SMILES string of the molecule is COc1ccc(NC(=O)C[C@@H]2C[C@@H]3CC[C@@H]2C3)cc1S(=O)(=O)N1CCCCC1. The van der Waals surface area contributed by atoms with Crippen LogP contribution in [0, 0.1) is 17.8 Å². The van der Waals surface area contributed by atoms with Crippen molar-refractivity contribution in [2.24, 2.45) is 17.8 Å². The van der Waals surface area contributed by atoms with Crippen molar-refractivity contribution in [1.29, 1.82) is 0 Å². The number of sulfonamides is 1. The zero-order valence-corrected chi connectivity index (χ0v) is 17.3. The molecule has 28 heavy (non-hydrogen) atoms. The molecule has 3 fully saturated rings. The monoisotopic (exact) mass is 406 g/mol. The number of carbonyl (C=O) groups excluding carboxylic acids is 1. The number of benzene rings is 1. The second-order valence-electron chi connectivity index (χ2n) is 8.52. The third-order valence-electron chi connectivity index (χ3n) is 6.71. The highest BCUT2D eigenvalue weighted by atomic mass is 32.2. The largest absolute Gasteiger partial charge is 0.495 e. The minimum Gasteiger partial charge on any atom is -0.495 e. The summed E-state index contributed by atoms with van der Waals surface area (Å²) in [4.78, 5) is 12.7. The number of fused-ring (bicyclic) bond motifs is 2. The Balaban J connectivity index is 1.49. The molecular formula is C21H30N2O4S. The van der Waals surface area contributed by atoms with Crippen LogP contribution < -0.4 is 10.1 Å². The van der Waals surface area contributed by atoms with E-state index in [4.69, 9.17) is 4.74 Å². The number of piperidine rings is 1. The highest BCUT2D eigenvalue weighted by Gasteiger charge is 2.40. The molecule has 1 aliphatic heterocycles. The summed E-state index contributed by atoms with van der Waals surface area (Å²) in [7, 11) is -2.17. The zero-order chi connectivity index (χ0) is 19.7. The van der Waals surface area contributed by atoms with E-state index >= 15 is 0 Å². The number of methoxy groups -OCH3 is 1. The van der Waals surface area contributed by atoms with Crippen molar-refractivity contribution < 1.29 is 17.9 Å². The van der Waals surface area contributed by atoms with E-state index in [1.165, 1.54) is 30.7 Å². The fourth-order valence-electron chi connectivity index (χ4n) is 5.28. The maximum Gasteiger partial charge on any atom is 0.246 e. The van der Waals surface area contributed by atoms with E-state index < -0.39 is 10.0 Å². The Hall–Kier alpha value is -1.60. The standard InChI is InChI=1S/C21H30N2O4S/c1-27-19-8-7-18(14-20(19)28(25,26)23-9-3-2-4-10-23)22-21(24)13-17-12-15-5-6-16(17)11-15/h7-8,14-17H,2-6,9-13H2,1H3,(H,22,24)/t15-,16-,17+/m1/s1. The number of carbonyl (C=O) groups is 1. The first-order chi connectivity index (χ1) is 13.5. The van der Waals surface area contributed by atoms with Gasteiger partial charge in [-0.05, 0) is 68.1 Å². The molecule has 0 spiro atoms. The van der Waals surface area contributed by atoms with E-state index in [0.29, 0.717) is 42.8 Å². The Morgan fingerprint density at radius 1 is 1.18 bits per heavy atom.